The smallest absolute Gasteiger partial charge is 0.265 e. The van der Waals surface area contributed by atoms with Crippen molar-refractivity contribution in [3.8, 4) is 28.8 Å². The van der Waals surface area contributed by atoms with E-state index in [4.69, 9.17) is 15.6 Å². The van der Waals surface area contributed by atoms with Gasteiger partial charge in [-0.15, -0.1) is 11.8 Å². The minimum Gasteiger partial charge on any atom is -0.457 e. The molecule has 6 rings (SSSR count). The monoisotopic (exact) mass is 747 g/mol. The first kappa shape index (κ1) is 37.2. The van der Waals surface area contributed by atoms with E-state index in [-0.39, 0.29) is 46.7 Å². The van der Waals surface area contributed by atoms with Crippen LogP contribution in [0, 0.1) is 17.1 Å². The van der Waals surface area contributed by atoms with E-state index in [0.29, 0.717) is 73.9 Å². The van der Waals surface area contributed by atoms with E-state index in [9.17, 15) is 18.5 Å². The van der Waals surface area contributed by atoms with Crippen LogP contribution in [0.3, 0.4) is 0 Å². The molecule has 2 aliphatic rings. The summed E-state index contributed by atoms with van der Waals surface area (Å²) < 4.78 is 48.5. The van der Waals surface area contributed by atoms with E-state index >= 15 is 4.39 Å². The highest BCUT2D eigenvalue weighted by Gasteiger charge is 2.33. The number of halogens is 1. The first-order valence-corrected chi connectivity index (χ1v) is 20.0. The fraction of sp³-hybridized carbons (Fsp3) is 0.417. The second kappa shape index (κ2) is 15.6. The highest BCUT2D eigenvalue weighted by molar-refractivity contribution is 8.02. The summed E-state index contributed by atoms with van der Waals surface area (Å²) in [7, 11) is -3.20. The van der Waals surface area contributed by atoms with E-state index in [1.165, 1.54) is 34.7 Å². The van der Waals surface area contributed by atoms with Crippen LogP contribution < -0.4 is 10.5 Å². The number of para-hydroxylation sites is 1. The van der Waals surface area contributed by atoms with E-state index in [1.54, 1.807) is 39.3 Å². The molecule has 52 heavy (non-hydrogen) atoms. The third kappa shape index (κ3) is 8.23. The molecule has 16 heteroatoms. The summed E-state index contributed by atoms with van der Waals surface area (Å²) in [5.74, 6) is 0.832. The van der Waals surface area contributed by atoms with Gasteiger partial charge in [0.25, 0.3) is 5.91 Å². The molecule has 2 aromatic heterocycles. The average molecular weight is 748 g/mol. The lowest BCUT2D eigenvalue weighted by atomic mass is 9.98. The number of thioether (sulfide) groups is 1. The molecule has 2 fully saturated rings. The molecule has 0 aliphatic carbocycles. The number of carbonyl (C=O) groups excluding carboxylic acids is 1. The van der Waals surface area contributed by atoms with Gasteiger partial charge in [-0.2, -0.15) is 14.7 Å². The van der Waals surface area contributed by atoms with Crippen LogP contribution in [0.15, 0.2) is 65.8 Å². The fourth-order valence-corrected chi connectivity index (χ4v) is 8.56. The molecule has 2 aromatic carbocycles. The molecule has 13 nitrogen and oxygen atoms in total. The zero-order valence-corrected chi connectivity index (χ0v) is 31.0. The van der Waals surface area contributed by atoms with Crippen LogP contribution >= 0.6 is 11.8 Å². The summed E-state index contributed by atoms with van der Waals surface area (Å²) in [5.41, 5.74) is 7.11. The van der Waals surface area contributed by atoms with Crippen molar-refractivity contribution >= 4 is 44.5 Å². The normalized spacial score (nSPS) is 18.0. The van der Waals surface area contributed by atoms with Crippen molar-refractivity contribution in [1.29, 1.82) is 5.26 Å². The second-order valence-corrected chi connectivity index (χ2v) is 16.5. The highest BCUT2D eigenvalue weighted by atomic mass is 32.2. The molecule has 2 saturated heterocycles. The summed E-state index contributed by atoms with van der Waals surface area (Å²) in [6.45, 7) is 7.24. The molecule has 0 saturated carbocycles. The SMILES string of the molecule is CC(C)(CCS/C=C(\C#N)C(=O)N1CCC[C@@H](n2nc(-c3ccc(Oc4ccccc4)cc3F)c3c(N)ncnc32)C1)N1CCN(S(C)(=O)=O)CC1. The molecule has 0 spiro atoms. The van der Waals surface area contributed by atoms with Crippen LogP contribution in [0.1, 0.15) is 39.2 Å². The number of hydrogen-bond donors (Lipinski definition) is 1. The Kier molecular flexibility index (Phi) is 11.2. The van der Waals surface area contributed by atoms with E-state index in [1.807, 2.05) is 18.2 Å². The lowest BCUT2D eigenvalue weighted by Gasteiger charge is -2.43. The summed E-state index contributed by atoms with van der Waals surface area (Å²) in [6, 6.07) is 15.4. The zero-order chi connectivity index (χ0) is 37.0. The maximum Gasteiger partial charge on any atom is 0.265 e. The number of piperidine rings is 1. The molecule has 0 unspecified atom stereocenters. The molecule has 0 bridgehead atoms. The number of likely N-dealkylation sites (tertiary alicyclic amines) is 1. The molecular weight excluding hydrogens is 706 g/mol. The van der Waals surface area contributed by atoms with Gasteiger partial charge in [-0.05, 0) is 68.5 Å². The summed E-state index contributed by atoms with van der Waals surface area (Å²) in [6.07, 6.45) is 4.71. The molecule has 2 N–H and O–H groups in total. The number of sulfonamides is 1. The Morgan fingerprint density at radius 1 is 1.12 bits per heavy atom. The highest BCUT2D eigenvalue weighted by Crippen LogP contribution is 2.36. The van der Waals surface area contributed by atoms with Crippen LogP contribution in [0.25, 0.3) is 22.3 Å². The molecule has 4 heterocycles. The van der Waals surface area contributed by atoms with Gasteiger partial charge in [0.15, 0.2) is 5.65 Å². The van der Waals surface area contributed by atoms with Gasteiger partial charge in [0.2, 0.25) is 10.0 Å². The van der Waals surface area contributed by atoms with Gasteiger partial charge in [-0.25, -0.2) is 27.5 Å². The number of rotatable bonds is 11. The van der Waals surface area contributed by atoms with Crippen LogP contribution in [-0.4, -0.2) is 105 Å². The third-order valence-corrected chi connectivity index (χ3v) is 11.8. The van der Waals surface area contributed by atoms with Crippen molar-refractivity contribution in [2.75, 3.05) is 57.0 Å². The number of nitrogens with two attached hydrogens (primary N) is 1. The molecule has 1 amide bonds. The van der Waals surface area contributed by atoms with Crippen molar-refractivity contribution in [1.82, 2.24) is 33.9 Å². The Balaban J connectivity index is 1.13. The first-order valence-electron chi connectivity index (χ1n) is 17.1. The molecule has 1 atom stereocenters. The topological polar surface area (TPSA) is 164 Å². The lowest BCUT2D eigenvalue weighted by Crippen LogP contribution is -2.55. The van der Waals surface area contributed by atoms with Crippen molar-refractivity contribution in [3.05, 3.63) is 71.7 Å². The molecule has 274 valence electrons. The third-order valence-electron chi connectivity index (χ3n) is 9.67. The van der Waals surface area contributed by atoms with Crippen LogP contribution in [0.2, 0.25) is 0 Å². The largest absolute Gasteiger partial charge is 0.457 e. The number of amides is 1. The summed E-state index contributed by atoms with van der Waals surface area (Å²) in [5, 5.41) is 16.8. The van der Waals surface area contributed by atoms with Gasteiger partial charge < -0.3 is 15.4 Å². The molecule has 2 aliphatic heterocycles. The van der Waals surface area contributed by atoms with Gasteiger partial charge in [-0.3, -0.25) is 9.69 Å². The number of piperazine rings is 1. The molecule has 4 aromatic rings. The van der Waals surface area contributed by atoms with Gasteiger partial charge in [-0.1, -0.05) is 18.2 Å². The van der Waals surface area contributed by atoms with Crippen molar-refractivity contribution in [3.63, 3.8) is 0 Å². The zero-order valence-electron chi connectivity index (χ0n) is 29.4. The van der Waals surface area contributed by atoms with E-state index in [2.05, 4.69) is 34.8 Å². The van der Waals surface area contributed by atoms with E-state index < -0.39 is 15.8 Å². The Labute approximate surface area is 307 Å². The quantitative estimate of drug-likeness (QED) is 0.124. The maximum atomic E-state index is 15.7. The van der Waals surface area contributed by atoms with Crippen molar-refractivity contribution in [2.45, 2.75) is 44.7 Å². The average Bonchev–Trinajstić information content (AvgIpc) is 3.52. The second-order valence-electron chi connectivity index (χ2n) is 13.6. The number of nitrogen functional groups attached to an aromatic ring is 1. The standard InChI is InChI=1S/C36H42FN9O4S2/c1-36(2,44-15-17-45(18-16-44)52(3,48)49)13-19-51-23-25(21-38)35(47)43-14-7-8-26(22-43)46-34-31(33(39)40-24-41-34)32(42-46)29-12-11-28(20-30(29)37)50-27-9-5-4-6-10-27/h4-6,9-12,20,23-24,26H,7-8,13-19,22H2,1-3H3,(H2,39,40,41)/b25-23+/t26-/m1/s1. The number of nitrogens with zero attached hydrogens (tertiary/aromatic N) is 8. The van der Waals surface area contributed by atoms with Gasteiger partial charge in [0.05, 0.1) is 17.7 Å². The predicted molar refractivity (Wildman–Crippen MR) is 199 cm³/mol. The predicted octanol–water partition coefficient (Wildman–Crippen LogP) is 5.06. The van der Waals surface area contributed by atoms with Crippen LogP contribution in [0.4, 0.5) is 10.2 Å². The number of ether oxygens (including phenoxy) is 1. The van der Waals surface area contributed by atoms with Crippen molar-refractivity contribution in [2.24, 2.45) is 0 Å². The van der Waals surface area contributed by atoms with Crippen molar-refractivity contribution < 1.29 is 22.3 Å². The minimum absolute atomic E-state index is 0.0580. The number of fused-ring (bicyclic) bond motifs is 1. The molecular formula is C36H42FN9O4S2. The maximum absolute atomic E-state index is 15.7. The number of carbonyl (C=O) groups is 1. The minimum atomic E-state index is -3.20. The first-order chi connectivity index (χ1) is 24.9. The van der Waals surface area contributed by atoms with Crippen LogP contribution in [0.5, 0.6) is 11.5 Å². The number of anilines is 1. The van der Waals surface area contributed by atoms with Gasteiger partial charge in [0, 0.05) is 56.4 Å². The Bertz CT molecular complexity index is 2110. The Morgan fingerprint density at radius 2 is 1.87 bits per heavy atom. The number of nitriles is 1. The van der Waals surface area contributed by atoms with Crippen LogP contribution in [-0.2, 0) is 14.8 Å². The number of benzene rings is 2. The number of aromatic nitrogens is 4. The Morgan fingerprint density at radius 3 is 2.56 bits per heavy atom. The van der Waals surface area contributed by atoms with Gasteiger partial charge in [0.1, 0.15) is 46.8 Å². The number of hydrogen-bond acceptors (Lipinski definition) is 11. The van der Waals surface area contributed by atoms with Gasteiger partial charge >= 0.3 is 0 Å². The molecule has 0 radical (unpaired) electrons. The lowest BCUT2D eigenvalue weighted by molar-refractivity contribution is -0.128. The van der Waals surface area contributed by atoms with E-state index in [0.717, 1.165) is 6.42 Å². The summed E-state index contributed by atoms with van der Waals surface area (Å²) >= 11 is 1.42. The fourth-order valence-electron chi connectivity index (χ4n) is 6.68. The Hall–Kier alpha value is -4.56. The summed E-state index contributed by atoms with van der Waals surface area (Å²) in [4.78, 5) is 26.2.